The first kappa shape index (κ1) is 17.0. The third-order valence-corrected chi connectivity index (χ3v) is 5.27. The van der Waals surface area contributed by atoms with Crippen LogP contribution in [-0.4, -0.2) is 29.4 Å². The average molecular weight is 348 g/mol. The summed E-state index contributed by atoms with van der Waals surface area (Å²) in [6, 6.07) is 7.25. The summed E-state index contributed by atoms with van der Waals surface area (Å²) in [5, 5.41) is 0.666. The van der Waals surface area contributed by atoms with Crippen molar-refractivity contribution < 1.29 is 14.3 Å². The minimum atomic E-state index is -0.412. The standard InChI is InChI=1S/C19H22ClNO3/c1-4-24-19(23)16-15-11(2)9-12(3)17(16)21(18(15)22)10-13-5-7-14(20)8-6-13/h5-9,11,15-17H,4,10H2,1-3H3/t11-,15+,16+,17+/m1/s1. The van der Waals surface area contributed by atoms with Crippen molar-refractivity contribution in [3.8, 4) is 0 Å². The van der Waals surface area contributed by atoms with Gasteiger partial charge in [-0.2, -0.15) is 0 Å². The molecule has 1 aromatic carbocycles. The number of hydrogen-bond acceptors (Lipinski definition) is 3. The van der Waals surface area contributed by atoms with Gasteiger partial charge in [-0.25, -0.2) is 0 Å². The van der Waals surface area contributed by atoms with Gasteiger partial charge in [0.1, 0.15) is 0 Å². The van der Waals surface area contributed by atoms with Gasteiger partial charge in [0.15, 0.2) is 0 Å². The third kappa shape index (κ3) is 2.84. The minimum Gasteiger partial charge on any atom is -0.466 e. The Morgan fingerprint density at radius 1 is 1.29 bits per heavy atom. The van der Waals surface area contributed by atoms with E-state index >= 15 is 0 Å². The van der Waals surface area contributed by atoms with E-state index in [4.69, 9.17) is 16.3 Å². The average Bonchev–Trinajstić information content (AvgIpc) is 2.78. The number of carbonyl (C=O) groups is 2. The van der Waals surface area contributed by atoms with Crippen molar-refractivity contribution >= 4 is 23.5 Å². The number of ether oxygens (including phenoxy) is 1. The maximum atomic E-state index is 13.0. The molecular formula is C19H22ClNO3. The molecule has 5 heteroatoms. The number of nitrogens with zero attached hydrogens (tertiary/aromatic N) is 1. The molecule has 1 amide bonds. The molecule has 0 saturated carbocycles. The van der Waals surface area contributed by atoms with Crippen molar-refractivity contribution in [3.63, 3.8) is 0 Å². The number of carbonyl (C=O) groups excluding carboxylic acids is 2. The van der Waals surface area contributed by atoms with E-state index in [9.17, 15) is 9.59 Å². The quantitative estimate of drug-likeness (QED) is 0.619. The minimum absolute atomic E-state index is 0.0357. The Hall–Kier alpha value is -1.81. The summed E-state index contributed by atoms with van der Waals surface area (Å²) in [5.74, 6) is -0.930. The number of hydrogen-bond donors (Lipinski definition) is 0. The molecule has 1 aromatic rings. The number of amides is 1. The summed E-state index contributed by atoms with van der Waals surface area (Å²) in [5.41, 5.74) is 2.07. The molecule has 4 atom stereocenters. The topological polar surface area (TPSA) is 46.6 Å². The third-order valence-electron chi connectivity index (χ3n) is 5.01. The summed E-state index contributed by atoms with van der Waals surface area (Å²) in [4.78, 5) is 27.3. The first-order chi connectivity index (χ1) is 11.4. The van der Waals surface area contributed by atoms with Crippen molar-refractivity contribution in [2.24, 2.45) is 17.8 Å². The molecule has 0 radical (unpaired) electrons. The van der Waals surface area contributed by atoms with E-state index in [0.29, 0.717) is 18.2 Å². The van der Waals surface area contributed by atoms with Crippen molar-refractivity contribution in [3.05, 3.63) is 46.5 Å². The smallest absolute Gasteiger partial charge is 0.312 e. The van der Waals surface area contributed by atoms with Gasteiger partial charge in [-0.3, -0.25) is 9.59 Å². The second-order valence-electron chi connectivity index (χ2n) is 6.61. The Morgan fingerprint density at radius 3 is 2.58 bits per heavy atom. The molecule has 1 heterocycles. The number of allylic oxidation sites excluding steroid dienone is 1. The molecule has 0 N–H and O–H groups in total. The number of halogens is 1. The number of benzene rings is 1. The molecule has 0 spiro atoms. The lowest BCUT2D eigenvalue weighted by atomic mass is 9.74. The molecular weight excluding hydrogens is 326 g/mol. The Morgan fingerprint density at radius 2 is 1.96 bits per heavy atom. The molecule has 0 unspecified atom stereocenters. The molecule has 24 heavy (non-hydrogen) atoms. The second kappa shape index (κ2) is 6.60. The predicted octanol–water partition coefficient (Wildman–Crippen LogP) is 3.44. The fourth-order valence-corrected chi connectivity index (χ4v) is 4.17. The van der Waals surface area contributed by atoms with Crippen LogP contribution >= 0.6 is 11.6 Å². The monoisotopic (exact) mass is 347 g/mol. The Labute approximate surface area is 147 Å². The van der Waals surface area contributed by atoms with Gasteiger partial charge in [-0.1, -0.05) is 42.3 Å². The van der Waals surface area contributed by atoms with E-state index in [2.05, 4.69) is 6.08 Å². The molecule has 0 aromatic heterocycles. The lowest BCUT2D eigenvalue weighted by Gasteiger charge is -2.31. The van der Waals surface area contributed by atoms with Crippen LogP contribution in [0.5, 0.6) is 0 Å². The second-order valence-corrected chi connectivity index (χ2v) is 7.05. The van der Waals surface area contributed by atoms with Gasteiger partial charge in [-0.15, -0.1) is 0 Å². The zero-order valence-electron chi connectivity index (χ0n) is 14.2. The van der Waals surface area contributed by atoms with Crippen LogP contribution in [-0.2, 0) is 20.9 Å². The van der Waals surface area contributed by atoms with E-state index in [1.807, 2.05) is 43.0 Å². The highest BCUT2D eigenvalue weighted by molar-refractivity contribution is 6.30. The van der Waals surface area contributed by atoms with E-state index in [1.165, 1.54) is 0 Å². The van der Waals surface area contributed by atoms with E-state index in [-0.39, 0.29) is 29.8 Å². The Kier molecular flexibility index (Phi) is 4.68. The molecule has 4 nitrogen and oxygen atoms in total. The van der Waals surface area contributed by atoms with Crippen molar-refractivity contribution in [1.82, 2.24) is 4.90 Å². The van der Waals surface area contributed by atoms with Gasteiger partial charge in [0.25, 0.3) is 0 Å². The van der Waals surface area contributed by atoms with Crippen LogP contribution in [0.2, 0.25) is 5.02 Å². The van der Waals surface area contributed by atoms with E-state index < -0.39 is 5.92 Å². The van der Waals surface area contributed by atoms with Crippen molar-refractivity contribution in [1.29, 1.82) is 0 Å². The zero-order chi connectivity index (χ0) is 17.4. The Balaban J connectivity index is 1.93. The Bertz CT molecular complexity index is 682. The van der Waals surface area contributed by atoms with Gasteiger partial charge < -0.3 is 9.64 Å². The molecule has 2 bridgehead atoms. The molecule has 128 valence electrons. The fraction of sp³-hybridized carbons (Fsp3) is 0.474. The highest BCUT2D eigenvalue weighted by Gasteiger charge is 2.56. The van der Waals surface area contributed by atoms with Crippen LogP contribution in [0.3, 0.4) is 0 Å². The first-order valence-electron chi connectivity index (χ1n) is 8.34. The first-order valence-corrected chi connectivity index (χ1v) is 8.71. The summed E-state index contributed by atoms with van der Waals surface area (Å²) < 4.78 is 5.26. The number of fused-ring (bicyclic) bond motifs is 2. The molecule has 1 aliphatic heterocycles. The van der Waals surface area contributed by atoms with Crippen molar-refractivity contribution in [2.45, 2.75) is 33.4 Å². The van der Waals surface area contributed by atoms with Gasteiger partial charge in [-0.05, 0) is 37.5 Å². The van der Waals surface area contributed by atoms with E-state index in [0.717, 1.165) is 11.1 Å². The predicted molar refractivity (Wildman–Crippen MR) is 92.3 cm³/mol. The van der Waals surface area contributed by atoms with Crippen LogP contribution in [0.1, 0.15) is 26.3 Å². The van der Waals surface area contributed by atoms with Crippen LogP contribution in [0.15, 0.2) is 35.9 Å². The highest BCUT2D eigenvalue weighted by atomic mass is 35.5. The SMILES string of the molecule is CCOC(=O)[C@H]1[C@H]2C(=O)N(Cc3ccc(Cl)cc3)[C@H]1C(C)=C[C@H]2C. The maximum absolute atomic E-state index is 13.0. The summed E-state index contributed by atoms with van der Waals surface area (Å²) in [6.07, 6.45) is 2.12. The lowest BCUT2D eigenvalue weighted by molar-refractivity contribution is -0.151. The highest BCUT2D eigenvalue weighted by Crippen LogP contribution is 2.45. The molecule has 1 fully saturated rings. The van der Waals surface area contributed by atoms with E-state index in [1.54, 1.807) is 6.92 Å². The molecule has 2 aliphatic rings. The fourth-order valence-electron chi connectivity index (χ4n) is 4.05. The number of likely N-dealkylation sites (tertiary alicyclic amines) is 1. The number of rotatable bonds is 4. The molecule has 3 rings (SSSR count). The van der Waals surface area contributed by atoms with Crippen LogP contribution in [0.25, 0.3) is 0 Å². The van der Waals surface area contributed by atoms with Crippen LogP contribution < -0.4 is 0 Å². The molecule has 1 aliphatic carbocycles. The maximum Gasteiger partial charge on any atom is 0.312 e. The van der Waals surface area contributed by atoms with Gasteiger partial charge >= 0.3 is 5.97 Å². The summed E-state index contributed by atoms with van der Waals surface area (Å²) in [6.45, 7) is 6.60. The van der Waals surface area contributed by atoms with Crippen molar-refractivity contribution in [2.75, 3.05) is 6.61 Å². The summed E-state index contributed by atoms with van der Waals surface area (Å²) >= 11 is 5.94. The van der Waals surface area contributed by atoms with Crippen LogP contribution in [0.4, 0.5) is 0 Å². The van der Waals surface area contributed by atoms with Crippen LogP contribution in [0, 0.1) is 17.8 Å². The zero-order valence-corrected chi connectivity index (χ0v) is 14.9. The van der Waals surface area contributed by atoms with Gasteiger partial charge in [0, 0.05) is 11.6 Å². The van der Waals surface area contributed by atoms with Gasteiger partial charge in [0.2, 0.25) is 5.91 Å². The normalized spacial score (nSPS) is 28.8. The largest absolute Gasteiger partial charge is 0.466 e. The molecule has 1 saturated heterocycles. The summed E-state index contributed by atoms with van der Waals surface area (Å²) in [7, 11) is 0. The van der Waals surface area contributed by atoms with Gasteiger partial charge in [0.05, 0.1) is 24.5 Å². The lowest BCUT2D eigenvalue weighted by Crippen LogP contribution is -2.40. The number of esters is 1.